The van der Waals surface area contributed by atoms with Crippen LogP contribution in [-0.4, -0.2) is 31.6 Å². The van der Waals surface area contributed by atoms with Crippen LogP contribution in [0.1, 0.15) is 31.1 Å². The minimum Gasteiger partial charge on any atom is -0.497 e. The molecule has 1 unspecified atom stereocenters. The lowest BCUT2D eigenvalue weighted by Crippen LogP contribution is -2.32. The molecule has 1 atom stereocenters. The molecule has 0 saturated heterocycles. The third-order valence-electron chi connectivity index (χ3n) is 3.84. The molecule has 0 saturated carbocycles. The topological polar surface area (TPSA) is 76.7 Å². The Bertz CT molecular complexity index is 772. The van der Waals surface area contributed by atoms with Gasteiger partial charge in [0.05, 0.1) is 18.4 Å². The van der Waals surface area contributed by atoms with Gasteiger partial charge in [-0.25, -0.2) is 0 Å². The van der Waals surface area contributed by atoms with E-state index in [9.17, 15) is 9.59 Å². The molecule has 6 nitrogen and oxygen atoms in total. The fourth-order valence-corrected chi connectivity index (χ4v) is 2.33. The van der Waals surface area contributed by atoms with Crippen molar-refractivity contribution in [3.05, 3.63) is 54.1 Å². The van der Waals surface area contributed by atoms with Crippen LogP contribution in [0.3, 0.4) is 0 Å². The van der Waals surface area contributed by atoms with Crippen LogP contribution in [0.4, 0.5) is 5.69 Å². The summed E-state index contributed by atoms with van der Waals surface area (Å²) in [5, 5.41) is 5.63. The number of hydrogen-bond acceptors (Lipinski definition) is 4. The number of hydrogen-bond donors (Lipinski definition) is 2. The van der Waals surface area contributed by atoms with Crippen LogP contribution < -0.4 is 20.1 Å². The molecule has 2 rings (SSSR count). The molecule has 0 aliphatic carbocycles. The van der Waals surface area contributed by atoms with Crippen LogP contribution in [0.5, 0.6) is 11.5 Å². The summed E-state index contributed by atoms with van der Waals surface area (Å²) in [4.78, 5) is 24.9. The lowest BCUT2D eigenvalue weighted by molar-refractivity contribution is -0.122. The highest BCUT2D eigenvalue weighted by atomic mass is 16.5. The van der Waals surface area contributed by atoms with E-state index in [1.54, 1.807) is 62.6 Å². The third-order valence-corrected chi connectivity index (χ3v) is 3.84. The number of carbonyl (C=O) groups is 2. The molecule has 0 bridgehead atoms. The highest BCUT2D eigenvalue weighted by Gasteiger charge is 2.18. The zero-order valence-corrected chi connectivity index (χ0v) is 16.1. The number of carbonyl (C=O) groups excluding carboxylic acids is 2. The molecule has 0 aliphatic rings. The Morgan fingerprint density at radius 1 is 0.963 bits per heavy atom. The van der Waals surface area contributed by atoms with E-state index in [1.165, 1.54) is 0 Å². The predicted octanol–water partition coefficient (Wildman–Crippen LogP) is 3.49. The summed E-state index contributed by atoms with van der Waals surface area (Å²) in [5.74, 6) is 1.05. The SMILES string of the molecule is COc1ccc(OC(C)C(=O)Nc2ccccc2C(=O)NCC(C)C)cc1. The van der Waals surface area contributed by atoms with E-state index >= 15 is 0 Å². The average Bonchev–Trinajstić information content (AvgIpc) is 2.67. The number of rotatable bonds is 8. The maximum absolute atomic E-state index is 12.5. The summed E-state index contributed by atoms with van der Waals surface area (Å²) in [6, 6.07) is 13.9. The van der Waals surface area contributed by atoms with E-state index in [0.29, 0.717) is 35.2 Å². The number of anilines is 1. The van der Waals surface area contributed by atoms with Crippen molar-refractivity contribution < 1.29 is 19.1 Å². The Hall–Kier alpha value is -3.02. The minimum atomic E-state index is -0.731. The van der Waals surface area contributed by atoms with Gasteiger partial charge in [0.15, 0.2) is 6.10 Å². The fraction of sp³-hybridized carbons (Fsp3) is 0.333. The molecular formula is C21H26N2O4. The van der Waals surface area contributed by atoms with Gasteiger partial charge in [0.25, 0.3) is 11.8 Å². The third kappa shape index (κ3) is 6.02. The zero-order valence-electron chi connectivity index (χ0n) is 16.1. The van der Waals surface area contributed by atoms with E-state index in [2.05, 4.69) is 10.6 Å². The van der Waals surface area contributed by atoms with E-state index in [0.717, 1.165) is 0 Å². The summed E-state index contributed by atoms with van der Waals surface area (Å²) in [6.07, 6.45) is -0.731. The number of methoxy groups -OCH3 is 1. The van der Waals surface area contributed by atoms with Crippen molar-refractivity contribution in [2.45, 2.75) is 26.9 Å². The van der Waals surface area contributed by atoms with Gasteiger partial charge in [-0.15, -0.1) is 0 Å². The summed E-state index contributed by atoms with van der Waals surface area (Å²) in [6.45, 7) is 6.26. The molecule has 0 fully saturated rings. The summed E-state index contributed by atoms with van der Waals surface area (Å²) in [7, 11) is 1.58. The van der Waals surface area contributed by atoms with Crippen LogP contribution in [-0.2, 0) is 4.79 Å². The van der Waals surface area contributed by atoms with Crippen LogP contribution in [0.15, 0.2) is 48.5 Å². The molecule has 2 N–H and O–H groups in total. The summed E-state index contributed by atoms with van der Waals surface area (Å²) < 4.78 is 10.8. The molecule has 27 heavy (non-hydrogen) atoms. The summed E-state index contributed by atoms with van der Waals surface area (Å²) in [5.41, 5.74) is 0.872. The van der Waals surface area contributed by atoms with Crippen LogP contribution in [0.25, 0.3) is 0 Å². The van der Waals surface area contributed by atoms with Gasteiger partial charge >= 0.3 is 0 Å². The maximum Gasteiger partial charge on any atom is 0.265 e. The van der Waals surface area contributed by atoms with E-state index in [4.69, 9.17) is 9.47 Å². The van der Waals surface area contributed by atoms with Crippen LogP contribution in [0.2, 0.25) is 0 Å². The number of benzene rings is 2. The molecule has 0 radical (unpaired) electrons. The van der Waals surface area contributed by atoms with Crippen molar-refractivity contribution in [3.8, 4) is 11.5 Å². The second-order valence-corrected chi connectivity index (χ2v) is 6.57. The standard InChI is InChI=1S/C21H26N2O4/c1-14(2)13-22-21(25)18-7-5-6-8-19(18)23-20(24)15(3)27-17-11-9-16(26-4)10-12-17/h5-12,14-15H,13H2,1-4H3,(H,22,25)(H,23,24). The molecule has 0 aliphatic heterocycles. The monoisotopic (exact) mass is 370 g/mol. The average molecular weight is 370 g/mol. The fourth-order valence-electron chi connectivity index (χ4n) is 2.33. The second kappa shape index (κ2) is 9.62. The van der Waals surface area contributed by atoms with Crippen LogP contribution >= 0.6 is 0 Å². The van der Waals surface area contributed by atoms with Gasteiger partial charge in [0.2, 0.25) is 0 Å². The van der Waals surface area contributed by atoms with Gasteiger partial charge in [0.1, 0.15) is 11.5 Å². The van der Waals surface area contributed by atoms with Crippen molar-refractivity contribution in [3.63, 3.8) is 0 Å². The van der Waals surface area contributed by atoms with Gasteiger partial charge in [-0.3, -0.25) is 9.59 Å². The molecule has 144 valence electrons. The van der Waals surface area contributed by atoms with Crippen molar-refractivity contribution >= 4 is 17.5 Å². The summed E-state index contributed by atoms with van der Waals surface area (Å²) >= 11 is 0. The molecule has 2 aromatic carbocycles. The van der Waals surface area contributed by atoms with Gasteiger partial charge in [-0.2, -0.15) is 0 Å². The predicted molar refractivity (Wildman–Crippen MR) is 105 cm³/mol. The molecule has 0 spiro atoms. The number of amides is 2. The van der Waals surface area contributed by atoms with E-state index in [-0.39, 0.29) is 11.8 Å². The van der Waals surface area contributed by atoms with Crippen molar-refractivity contribution in [1.29, 1.82) is 0 Å². The van der Waals surface area contributed by atoms with Crippen molar-refractivity contribution in [2.75, 3.05) is 19.0 Å². The van der Waals surface area contributed by atoms with E-state index < -0.39 is 6.10 Å². The molecule has 0 heterocycles. The smallest absolute Gasteiger partial charge is 0.265 e. The number of nitrogens with one attached hydrogen (secondary N) is 2. The number of para-hydroxylation sites is 1. The molecule has 2 aromatic rings. The van der Waals surface area contributed by atoms with Crippen molar-refractivity contribution in [2.24, 2.45) is 5.92 Å². The minimum absolute atomic E-state index is 0.219. The Labute approximate surface area is 159 Å². The van der Waals surface area contributed by atoms with Crippen molar-refractivity contribution in [1.82, 2.24) is 5.32 Å². The first kappa shape index (κ1) is 20.3. The lowest BCUT2D eigenvalue weighted by Gasteiger charge is -2.17. The first-order chi connectivity index (χ1) is 12.9. The molecule has 6 heteroatoms. The first-order valence-electron chi connectivity index (χ1n) is 8.89. The van der Waals surface area contributed by atoms with Crippen LogP contribution in [0, 0.1) is 5.92 Å². The maximum atomic E-state index is 12.5. The van der Waals surface area contributed by atoms with Gasteiger partial charge in [-0.05, 0) is 49.2 Å². The van der Waals surface area contributed by atoms with Gasteiger partial charge in [0, 0.05) is 6.54 Å². The Morgan fingerprint density at radius 3 is 2.22 bits per heavy atom. The largest absolute Gasteiger partial charge is 0.497 e. The van der Waals surface area contributed by atoms with Gasteiger partial charge in [-0.1, -0.05) is 26.0 Å². The first-order valence-corrected chi connectivity index (χ1v) is 8.89. The zero-order chi connectivity index (χ0) is 19.8. The molecule has 2 amide bonds. The Balaban J connectivity index is 2.02. The number of ether oxygens (including phenoxy) is 2. The normalized spacial score (nSPS) is 11.6. The van der Waals surface area contributed by atoms with Gasteiger partial charge < -0.3 is 20.1 Å². The highest BCUT2D eigenvalue weighted by Crippen LogP contribution is 2.19. The quantitative estimate of drug-likeness (QED) is 0.746. The molecule has 0 aromatic heterocycles. The second-order valence-electron chi connectivity index (χ2n) is 6.57. The highest BCUT2D eigenvalue weighted by molar-refractivity contribution is 6.04. The lowest BCUT2D eigenvalue weighted by atomic mass is 10.1. The Kier molecular flexibility index (Phi) is 7.23. The Morgan fingerprint density at radius 2 is 1.59 bits per heavy atom. The van der Waals surface area contributed by atoms with E-state index in [1.807, 2.05) is 13.8 Å². The molecular weight excluding hydrogens is 344 g/mol.